The minimum absolute atomic E-state index is 1.03. The number of aryl methyl sites for hydroxylation is 1. The van der Waals surface area contributed by atoms with Gasteiger partial charge in [0.25, 0.3) is 0 Å². The number of pyridine rings is 1. The highest BCUT2D eigenvalue weighted by Crippen LogP contribution is 2.05. The van der Waals surface area contributed by atoms with Crippen LogP contribution in [0.3, 0.4) is 0 Å². The Morgan fingerprint density at radius 3 is 2.50 bits per heavy atom. The number of nitrogens with zero attached hydrogens (tertiary/aromatic N) is 2. The molecule has 76 valence electrons. The molecule has 0 radical (unpaired) electrons. The van der Waals surface area contributed by atoms with Gasteiger partial charge in [0.2, 0.25) is 0 Å². The zero-order valence-electron chi connectivity index (χ0n) is 9.20. The maximum absolute atomic E-state index is 4.21. The first-order valence-corrected chi connectivity index (χ1v) is 5.25. The molecule has 2 heteroatoms. The largest absolute Gasteiger partial charge is 0.238 e. The summed E-state index contributed by atoms with van der Waals surface area (Å²) in [5, 5.41) is 4.21. The lowest BCUT2D eigenvalue weighted by Gasteiger charge is -1.99. The molecule has 14 heavy (non-hydrogen) atoms. The van der Waals surface area contributed by atoms with Gasteiger partial charge >= 0.3 is 0 Å². The zero-order chi connectivity index (χ0) is 10.4. The summed E-state index contributed by atoms with van der Waals surface area (Å²) in [5.41, 5.74) is 2.43. The predicted octanol–water partition coefficient (Wildman–Crippen LogP) is 3.31. The lowest BCUT2D eigenvalue weighted by molar-refractivity contribution is 0.865. The molecule has 0 N–H and O–H groups in total. The Labute approximate surface area is 85.6 Å². The first-order chi connectivity index (χ1) is 6.83. The van der Waals surface area contributed by atoms with Gasteiger partial charge in [-0.1, -0.05) is 33.3 Å². The van der Waals surface area contributed by atoms with E-state index < -0.39 is 0 Å². The van der Waals surface area contributed by atoms with E-state index in [1.165, 1.54) is 17.6 Å². The van der Waals surface area contributed by atoms with Gasteiger partial charge in [0, 0.05) is 11.9 Å². The van der Waals surface area contributed by atoms with Crippen LogP contribution in [0.5, 0.6) is 0 Å². The molecule has 2 rings (SSSR count). The summed E-state index contributed by atoms with van der Waals surface area (Å²) in [6.45, 7) is 6.39. The van der Waals surface area contributed by atoms with Crippen molar-refractivity contribution in [3.05, 3.63) is 36.2 Å². The minimum atomic E-state index is 1.03. The Hall–Kier alpha value is -1.31. The summed E-state index contributed by atoms with van der Waals surface area (Å²) in [7, 11) is 0. The smallest absolute Gasteiger partial charge is 0.0664 e. The molecule has 0 saturated carbocycles. The van der Waals surface area contributed by atoms with Crippen molar-refractivity contribution in [2.45, 2.75) is 33.6 Å². The van der Waals surface area contributed by atoms with Gasteiger partial charge in [-0.05, 0) is 24.6 Å². The summed E-state index contributed by atoms with van der Waals surface area (Å²) in [5.74, 6) is 0. The first-order valence-electron chi connectivity index (χ1n) is 5.25. The van der Waals surface area contributed by atoms with E-state index in [0.717, 1.165) is 6.42 Å². The van der Waals surface area contributed by atoms with Crippen LogP contribution in [-0.2, 0) is 6.42 Å². The Morgan fingerprint density at radius 2 is 1.86 bits per heavy atom. The molecule has 2 aromatic heterocycles. The van der Waals surface area contributed by atoms with E-state index in [-0.39, 0.29) is 0 Å². The number of rotatable bonds is 1. The van der Waals surface area contributed by atoms with Crippen molar-refractivity contribution in [3.8, 4) is 0 Å². The van der Waals surface area contributed by atoms with Gasteiger partial charge in [0.05, 0.1) is 5.52 Å². The molecule has 0 amide bonds. The number of aromatic nitrogens is 2. The van der Waals surface area contributed by atoms with E-state index in [1.54, 1.807) is 0 Å². The number of hydrogen-bond acceptors (Lipinski definition) is 1. The minimum Gasteiger partial charge on any atom is -0.238 e. The standard InChI is InChI=1S/C9H10N2.C3H8/c1-2-8-4-3-5-9-6-7-10-11(8)9;1-3-2/h3-7H,2H2,1H3;3H2,1-2H3. The lowest BCUT2D eigenvalue weighted by atomic mass is 10.3. The molecule has 0 saturated heterocycles. The highest BCUT2D eigenvalue weighted by molar-refractivity contribution is 5.46. The van der Waals surface area contributed by atoms with Crippen molar-refractivity contribution >= 4 is 5.52 Å². The number of hydrogen-bond donors (Lipinski definition) is 0. The average molecular weight is 190 g/mol. The maximum atomic E-state index is 4.21. The van der Waals surface area contributed by atoms with Gasteiger partial charge in [0.15, 0.2) is 0 Å². The normalized spacial score (nSPS) is 9.64. The predicted molar refractivity (Wildman–Crippen MR) is 60.5 cm³/mol. The topological polar surface area (TPSA) is 17.3 Å². The van der Waals surface area contributed by atoms with Gasteiger partial charge in [-0.3, -0.25) is 0 Å². The quantitative estimate of drug-likeness (QED) is 0.674. The molecule has 0 aliphatic heterocycles. The van der Waals surface area contributed by atoms with E-state index in [2.05, 4.69) is 44.1 Å². The highest BCUT2D eigenvalue weighted by atomic mass is 15.2. The second-order valence-electron chi connectivity index (χ2n) is 3.25. The fraction of sp³-hybridized carbons (Fsp3) is 0.417. The molecule has 2 heterocycles. The third-order valence-corrected chi connectivity index (χ3v) is 1.86. The molecule has 2 aromatic rings. The van der Waals surface area contributed by atoms with Crippen molar-refractivity contribution in [2.24, 2.45) is 0 Å². The van der Waals surface area contributed by atoms with Crippen molar-refractivity contribution < 1.29 is 0 Å². The monoisotopic (exact) mass is 190 g/mol. The Balaban J connectivity index is 0.000000293. The van der Waals surface area contributed by atoms with Gasteiger partial charge in [-0.25, -0.2) is 4.52 Å². The van der Waals surface area contributed by atoms with Crippen LogP contribution in [0, 0.1) is 0 Å². The number of fused-ring (bicyclic) bond motifs is 1. The van der Waals surface area contributed by atoms with Crippen LogP contribution in [0.15, 0.2) is 30.5 Å². The Bertz CT molecular complexity index is 376. The fourth-order valence-corrected chi connectivity index (χ4v) is 1.28. The third-order valence-electron chi connectivity index (χ3n) is 1.86. The van der Waals surface area contributed by atoms with E-state index in [4.69, 9.17) is 0 Å². The summed E-state index contributed by atoms with van der Waals surface area (Å²) >= 11 is 0. The van der Waals surface area contributed by atoms with Gasteiger partial charge in [-0.15, -0.1) is 0 Å². The van der Waals surface area contributed by atoms with E-state index in [0.29, 0.717) is 0 Å². The molecular formula is C12H18N2. The molecule has 0 unspecified atom stereocenters. The van der Waals surface area contributed by atoms with Crippen LogP contribution in [0.2, 0.25) is 0 Å². The van der Waals surface area contributed by atoms with Crippen molar-refractivity contribution in [3.63, 3.8) is 0 Å². The Morgan fingerprint density at radius 1 is 1.14 bits per heavy atom. The van der Waals surface area contributed by atoms with Crippen LogP contribution in [0.25, 0.3) is 5.52 Å². The molecule has 0 spiro atoms. The van der Waals surface area contributed by atoms with Crippen molar-refractivity contribution in [2.75, 3.05) is 0 Å². The summed E-state index contributed by atoms with van der Waals surface area (Å²) in [6, 6.07) is 8.24. The summed E-state index contributed by atoms with van der Waals surface area (Å²) < 4.78 is 1.97. The van der Waals surface area contributed by atoms with E-state index in [9.17, 15) is 0 Å². The molecule has 0 bridgehead atoms. The van der Waals surface area contributed by atoms with Crippen molar-refractivity contribution in [1.82, 2.24) is 9.61 Å². The van der Waals surface area contributed by atoms with Gasteiger partial charge in [0.1, 0.15) is 0 Å². The van der Waals surface area contributed by atoms with Crippen molar-refractivity contribution in [1.29, 1.82) is 0 Å². The van der Waals surface area contributed by atoms with E-state index >= 15 is 0 Å². The molecular weight excluding hydrogens is 172 g/mol. The van der Waals surface area contributed by atoms with Crippen LogP contribution in [-0.4, -0.2) is 9.61 Å². The van der Waals surface area contributed by atoms with Crippen LogP contribution >= 0.6 is 0 Å². The summed E-state index contributed by atoms with van der Waals surface area (Å²) in [6.07, 6.45) is 4.10. The zero-order valence-corrected chi connectivity index (χ0v) is 9.20. The molecule has 0 aromatic carbocycles. The fourth-order valence-electron chi connectivity index (χ4n) is 1.28. The average Bonchev–Trinajstić information content (AvgIpc) is 2.66. The Kier molecular flexibility index (Phi) is 4.17. The highest BCUT2D eigenvalue weighted by Gasteiger charge is 1.95. The second kappa shape index (κ2) is 5.43. The SMILES string of the molecule is CCC.CCc1cccc2ccnn12. The molecule has 0 atom stereocenters. The van der Waals surface area contributed by atoms with Crippen LogP contribution in [0.4, 0.5) is 0 Å². The summed E-state index contributed by atoms with van der Waals surface area (Å²) in [4.78, 5) is 0. The van der Waals surface area contributed by atoms with E-state index in [1.807, 2.05) is 16.8 Å². The molecule has 2 nitrogen and oxygen atoms in total. The van der Waals surface area contributed by atoms with Gasteiger partial charge in [-0.2, -0.15) is 5.10 Å². The maximum Gasteiger partial charge on any atom is 0.0664 e. The lowest BCUT2D eigenvalue weighted by Crippen LogP contribution is -1.94. The van der Waals surface area contributed by atoms with Crippen LogP contribution < -0.4 is 0 Å². The third kappa shape index (κ3) is 2.34. The molecule has 0 aliphatic carbocycles. The first kappa shape index (κ1) is 10.8. The van der Waals surface area contributed by atoms with Crippen LogP contribution in [0.1, 0.15) is 32.9 Å². The van der Waals surface area contributed by atoms with Gasteiger partial charge < -0.3 is 0 Å². The molecule has 0 aliphatic rings. The second-order valence-corrected chi connectivity index (χ2v) is 3.25. The molecule has 0 fully saturated rings.